The molecule has 0 bridgehead atoms. The Morgan fingerprint density at radius 1 is 0.960 bits per heavy atom. The van der Waals surface area contributed by atoms with Gasteiger partial charge in [-0.1, -0.05) is 60.7 Å². The molecule has 4 heteroatoms. The van der Waals surface area contributed by atoms with E-state index >= 15 is 0 Å². The van der Waals surface area contributed by atoms with Crippen molar-refractivity contribution in [3.63, 3.8) is 0 Å². The summed E-state index contributed by atoms with van der Waals surface area (Å²) in [6.07, 6.45) is 5.10. The molecule has 0 saturated heterocycles. The molecule has 0 unspecified atom stereocenters. The number of aromatic nitrogens is 1. The molecule has 0 aliphatic carbocycles. The summed E-state index contributed by atoms with van der Waals surface area (Å²) in [6, 6.07) is 19.8. The predicted molar refractivity (Wildman–Crippen MR) is 104 cm³/mol. The van der Waals surface area contributed by atoms with Crippen LogP contribution in [-0.2, 0) is 0 Å². The summed E-state index contributed by atoms with van der Waals surface area (Å²) in [4.78, 5) is 19.7. The zero-order valence-corrected chi connectivity index (χ0v) is 14.6. The number of rotatable bonds is 2. The van der Waals surface area contributed by atoms with Crippen LogP contribution in [0.25, 0.3) is 22.2 Å². The van der Waals surface area contributed by atoms with E-state index in [0.29, 0.717) is 6.54 Å². The highest BCUT2D eigenvalue weighted by molar-refractivity contribution is 6.07. The fourth-order valence-electron chi connectivity index (χ4n) is 3.11. The minimum Gasteiger partial charge on any atom is -0.335 e. The van der Waals surface area contributed by atoms with Gasteiger partial charge in [-0.3, -0.25) is 4.79 Å². The smallest absolute Gasteiger partial charge is 0.254 e. The van der Waals surface area contributed by atoms with E-state index in [1.807, 2.05) is 65.6 Å². The Hall–Kier alpha value is -2.65. The second-order valence-corrected chi connectivity index (χ2v) is 5.95. The number of amides is 1. The summed E-state index contributed by atoms with van der Waals surface area (Å²) in [5.41, 5.74) is 3.45. The predicted octanol–water partition coefficient (Wildman–Crippen LogP) is 4.73. The molecule has 25 heavy (non-hydrogen) atoms. The first kappa shape index (κ1) is 17.2. The van der Waals surface area contributed by atoms with Crippen molar-refractivity contribution < 1.29 is 4.79 Å². The van der Waals surface area contributed by atoms with Gasteiger partial charge in [0.25, 0.3) is 5.91 Å². The molecule has 126 valence electrons. The molecule has 1 aliphatic heterocycles. The second kappa shape index (κ2) is 7.49. The van der Waals surface area contributed by atoms with Crippen molar-refractivity contribution in [1.29, 1.82) is 0 Å². The van der Waals surface area contributed by atoms with Crippen molar-refractivity contribution in [3.05, 3.63) is 78.4 Å². The Labute approximate surface area is 153 Å². The molecule has 1 aliphatic rings. The van der Waals surface area contributed by atoms with Crippen molar-refractivity contribution in [3.8, 4) is 11.3 Å². The molecule has 0 fully saturated rings. The average Bonchev–Trinajstić information content (AvgIpc) is 2.68. The number of fused-ring (bicyclic) bond motifs is 1. The molecule has 0 N–H and O–H groups in total. The lowest BCUT2D eigenvalue weighted by atomic mass is 10.0. The first-order valence-electron chi connectivity index (χ1n) is 8.22. The number of hydrogen-bond acceptors (Lipinski definition) is 2. The number of nitrogens with zero attached hydrogens (tertiary/aromatic N) is 2. The summed E-state index contributed by atoms with van der Waals surface area (Å²) < 4.78 is 0. The molecule has 2 heterocycles. The molecule has 0 saturated carbocycles. The van der Waals surface area contributed by atoms with E-state index in [1.54, 1.807) is 0 Å². The Morgan fingerprint density at radius 3 is 2.48 bits per heavy atom. The van der Waals surface area contributed by atoms with E-state index in [-0.39, 0.29) is 18.3 Å². The van der Waals surface area contributed by atoms with Crippen LogP contribution in [0.4, 0.5) is 0 Å². The first-order valence-corrected chi connectivity index (χ1v) is 8.22. The van der Waals surface area contributed by atoms with Gasteiger partial charge in [0.05, 0.1) is 16.8 Å². The molecule has 1 aromatic heterocycles. The van der Waals surface area contributed by atoms with Gasteiger partial charge in [-0.15, -0.1) is 12.4 Å². The van der Waals surface area contributed by atoms with E-state index in [1.165, 1.54) is 0 Å². The maximum atomic E-state index is 13.1. The molecular formula is C21H19ClN2O. The average molecular weight is 351 g/mol. The molecule has 2 aromatic carbocycles. The third-order valence-electron chi connectivity index (χ3n) is 4.36. The van der Waals surface area contributed by atoms with Crippen LogP contribution in [0, 0.1) is 0 Å². The van der Waals surface area contributed by atoms with Gasteiger partial charge >= 0.3 is 0 Å². The van der Waals surface area contributed by atoms with Crippen LogP contribution in [0.2, 0.25) is 0 Å². The van der Waals surface area contributed by atoms with E-state index in [0.717, 1.165) is 40.7 Å². The van der Waals surface area contributed by atoms with Crippen molar-refractivity contribution in [2.24, 2.45) is 0 Å². The van der Waals surface area contributed by atoms with Gasteiger partial charge in [-0.2, -0.15) is 0 Å². The number of benzene rings is 2. The van der Waals surface area contributed by atoms with Gasteiger partial charge < -0.3 is 4.90 Å². The number of halogens is 1. The highest BCUT2D eigenvalue weighted by Gasteiger charge is 2.20. The Bertz CT molecular complexity index is 922. The summed E-state index contributed by atoms with van der Waals surface area (Å²) in [5.74, 6) is 0.0788. The van der Waals surface area contributed by atoms with Gasteiger partial charge in [-0.05, 0) is 18.6 Å². The Kier molecular flexibility index (Phi) is 5.15. The maximum absolute atomic E-state index is 13.1. The fourth-order valence-corrected chi connectivity index (χ4v) is 3.11. The molecule has 3 aromatic rings. The molecule has 0 atom stereocenters. The third-order valence-corrected chi connectivity index (χ3v) is 4.36. The van der Waals surface area contributed by atoms with Crippen LogP contribution in [0.15, 0.2) is 72.8 Å². The zero-order valence-electron chi connectivity index (χ0n) is 13.8. The summed E-state index contributed by atoms with van der Waals surface area (Å²) in [6.45, 7) is 1.45. The number of pyridine rings is 1. The van der Waals surface area contributed by atoms with Crippen LogP contribution in [-0.4, -0.2) is 28.9 Å². The number of hydrogen-bond donors (Lipinski definition) is 0. The van der Waals surface area contributed by atoms with Crippen molar-refractivity contribution >= 4 is 29.2 Å². The quantitative estimate of drug-likeness (QED) is 0.626. The zero-order chi connectivity index (χ0) is 16.4. The second-order valence-electron chi connectivity index (χ2n) is 5.95. The highest BCUT2D eigenvalue weighted by Crippen LogP contribution is 2.26. The highest BCUT2D eigenvalue weighted by atomic mass is 35.5. The van der Waals surface area contributed by atoms with Crippen LogP contribution in [0.1, 0.15) is 16.8 Å². The van der Waals surface area contributed by atoms with Crippen LogP contribution in [0.5, 0.6) is 0 Å². The van der Waals surface area contributed by atoms with Gasteiger partial charge in [0.2, 0.25) is 0 Å². The van der Waals surface area contributed by atoms with Gasteiger partial charge in [0.15, 0.2) is 0 Å². The molecular weight excluding hydrogens is 332 g/mol. The minimum atomic E-state index is 0. The molecule has 3 nitrogen and oxygen atoms in total. The molecule has 1 amide bonds. The Balaban J connectivity index is 0.00000182. The lowest BCUT2D eigenvalue weighted by molar-refractivity contribution is 0.0773. The standard InChI is InChI=1S/C21H18N2O.ClH/c24-21(23-13-7-2-8-14-23)18-15-20(16-9-3-1-4-10-16)22-19-12-6-5-11-17(18)19;/h1-7,9-12,15H,8,13-14H2;1H. The van der Waals surface area contributed by atoms with E-state index in [9.17, 15) is 4.79 Å². The lowest BCUT2D eigenvalue weighted by Crippen LogP contribution is -2.33. The summed E-state index contributed by atoms with van der Waals surface area (Å²) >= 11 is 0. The molecule has 0 radical (unpaired) electrons. The maximum Gasteiger partial charge on any atom is 0.254 e. The van der Waals surface area contributed by atoms with E-state index in [4.69, 9.17) is 4.98 Å². The lowest BCUT2D eigenvalue weighted by Gasteiger charge is -2.24. The van der Waals surface area contributed by atoms with Crippen molar-refractivity contribution in [2.75, 3.05) is 13.1 Å². The van der Waals surface area contributed by atoms with Crippen LogP contribution in [0.3, 0.4) is 0 Å². The van der Waals surface area contributed by atoms with Crippen molar-refractivity contribution in [2.45, 2.75) is 6.42 Å². The fraction of sp³-hybridized carbons (Fsp3) is 0.143. The summed E-state index contributed by atoms with van der Waals surface area (Å²) in [5, 5.41) is 0.914. The molecule has 4 rings (SSSR count). The third kappa shape index (κ3) is 3.42. The summed E-state index contributed by atoms with van der Waals surface area (Å²) in [7, 11) is 0. The monoisotopic (exact) mass is 350 g/mol. The van der Waals surface area contributed by atoms with E-state index in [2.05, 4.69) is 12.2 Å². The van der Waals surface area contributed by atoms with Gasteiger partial charge in [-0.25, -0.2) is 4.98 Å². The number of carbonyl (C=O) groups is 1. The van der Waals surface area contributed by atoms with Crippen LogP contribution >= 0.6 is 12.4 Å². The number of carbonyl (C=O) groups excluding carboxylic acids is 1. The van der Waals surface area contributed by atoms with E-state index < -0.39 is 0 Å². The molecule has 0 spiro atoms. The van der Waals surface area contributed by atoms with Gasteiger partial charge in [0, 0.05) is 24.0 Å². The minimum absolute atomic E-state index is 0. The normalized spacial score (nSPS) is 13.5. The SMILES string of the molecule is Cl.O=C(c1cc(-c2ccccc2)nc2ccccc12)N1CC=CCC1. The largest absolute Gasteiger partial charge is 0.335 e. The van der Waals surface area contributed by atoms with Gasteiger partial charge in [0.1, 0.15) is 0 Å². The Morgan fingerprint density at radius 2 is 1.72 bits per heavy atom. The van der Waals surface area contributed by atoms with Crippen molar-refractivity contribution in [1.82, 2.24) is 9.88 Å². The topological polar surface area (TPSA) is 33.2 Å². The van der Waals surface area contributed by atoms with Crippen LogP contribution < -0.4 is 0 Å². The first-order chi connectivity index (χ1) is 11.8. The number of para-hydroxylation sites is 1.